The third-order valence-corrected chi connectivity index (χ3v) is 6.50. The van der Waals surface area contributed by atoms with Gasteiger partial charge < -0.3 is 4.90 Å². The molecule has 0 radical (unpaired) electrons. The number of carbonyl (C=O) groups excluding carboxylic acids is 1. The first-order valence-electron chi connectivity index (χ1n) is 6.89. The molecule has 1 aromatic rings. The fourth-order valence-electron chi connectivity index (χ4n) is 2.18. The SMILES string of the molecule is CCc1ccc(S(=O)(=O)NCCCN2CCCC2=O)s1. The lowest BCUT2D eigenvalue weighted by molar-refractivity contribution is -0.127. The van der Waals surface area contributed by atoms with Gasteiger partial charge in [0.2, 0.25) is 15.9 Å². The number of hydrogen-bond donors (Lipinski definition) is 1. The Bertz CT molecular complexity index is 566. The summed E-state index contributed by atoms with van der Waals surface area (Å²) in [6, 6.07) is 3.50. The molecule has 1 aliphatic rings. The van der Waals surface area contributed by atoms with Crippen LogP contribution in [-0.2, 0) is 21.2 Å². The van der Waals surface area contributed by atoms with E-state index in [0.29, 0.717) is 30.1 Å². The van der Waals surface area contributed by atoms with E-state index in [1.807, 2.05) is 13.0 Å². The van der Waals surface area contributed by atoms with E-state index in [0.717, 1.165) is 24.3 Å². The van der Waals surface area contributed by atoms with Crippen LogP contribution in [0.5, 0.6) is 0 Å². The van der Waals surface area contributed by atoms with Gasteiger partial charge in [-0.3, -0.25) is 4.79 Å². The minimum atomic E-state index is -3.39. The van der Waals surface area contributed by atoms with Crippen molar-refractivity contribution in [1.82, 2.24) is 9.62 Å². The first kappa shape index (κ1) is 15.5. The molecule has 0 aromatic carbocycles. The molecule has 1 aliphatic heterocycles. The number of amides is 1. The number of thiophene rings is 1. The van der Waals surface area contributed by atoms with E-state index in [4.69, 9.17) is 0 Å². The Morgan fingerprint density at radius 1 is 1.40 bits per heavy atom. The van der Waals surface area contributed by atoms with Gasteiger partial charge in [0.15, 0.2) is 0 Å². The van der Waals surface area contributed by atoms with Crippen molar-refractivity contribution in [3.63, 3.8) is 0 Å². The van der Waals surface area contributed by atoms with Crippen LogP contribution in [0.3, 0.4) is 0 Å². The Kier molecular flexibility index (Phi) is 5.17. The summed E-state index contributed by atoms with van der Waals surface area (Å²) >= 11 is 1.31. The molecule has 1 N–H and O–H groups in total. The first-order valence-corrected chi connectivity index (χ1v) is 9.19. The molecule has 2 heterocycles. The van der Waals surface area contributed by atoms with Gasteiger partial charge in [-0.2, -0.15) is 0 Å². The number of sulfonamides is 1. The molecule has 2 rings (SSSR count). The van der Waals surface area contributed by atoms with Crippen LogP contribution < -0.4 is 4.72 Å². The highest BCUT2D eigenvalue weighted by Gasteiger charge is 2.20. The second-order valence-corrected chi connectivity index (χ2v) is 7.97. The van der Waals surface area contributed by atoms with E-state index in [1.165, 1.54) is 11.3 Å². The van der Waals surface area contributed by atoms with Gasteiger partial charge in [0.05, 0.1) is 0 Å². The van der Waals surface area contributed by atoms with Gasteiger partial charge in [-0.25, -0.2) is 13.1 Å². The van der Waals surface area contributed by atoms with E-state index in [2.05, 4.69) is 4.72 Å². The Morgan fingerprint density at radius 3 is 2.80 bits per heavy atom. The Hall–Kier alpha value is -0.920. The highest BCUT2D eigenvalue weighted by molar-refractivity contribution is 7.91. The van der Waals surface area contributed by atoms with Crippen LogP contribution >= 0.6 is 11.3 Å². The highest BCUT2D eigenvalue weighted by Crippen LogP contribution is 2.21. The number of likely N-dealkylation sites (tertiary alicyclic amines) is 1. The average molecular weight is 316 g/mol. The van der Waals surface area contributed by atoms with Crippen molar-refractivity contribution in [2.75, 3.05) is 19.6 Å². The van der Waals surface area contributed by atoms with E-state index in [-0.39, 0.29) is 5.91 Å². The molecule has 1 amide bonds. The van der Waals surface area contributed by atoms with Crippen LogP contribution in [0.2, 0.25) is 0 Å². The van der Waals surface area contributed by atoms with Gasteiger partial charge in [-0.05, 0) is 31.4 Å². The van der Waals surface area contributed by atoms with Gasteiger partial charge in [0.25, 0.3) is 0 Å². The normalized spacial score (nSPS) is 16.1. The van der Waals surface area contributed by atoms with Crippen molar-refractivity contribution in [2.45, 2.75) is 36.8 Å². The molecule has 0 spiro atoms. The fraction of sp³-hybridized carbons (Fsp3) is 0.615. The van der Waals surface area contributed by atoms with Gasteiger partial charge in [0, 0.05) is 30.9 Å². The van der Waals surface area contributed by atoms with E-state index in [1.54, 1.807) is 11.0 Å². The summed E-state index contributed by atoms with van der Waals surface area (Å²) in [4.78, 5) is 14.3. The largest absolute Gasteiger partial charge is 0.343 e. The molecule has 1 saturated heterocycles. The molecule has 20 heavy (non-hydrogen) atoms. The minimum absolute atomic E-state index is 0.179. The summed E-state index contributed by atoms with van der Waals surface area (Å²) in [5.41, 5.74) is 0. The number of aryl methyl sites for hydroxylation is 1. The summed E-state index contributed by atoms with van der Waals surface area (Å²) < 4.78 is 27.0. The zero-order valence-corrected chi connectivity index (χ0v) is 13.2. The molecule has 5 nitrogen and oxygen atoms in total. The maximum absolute atomic E-state index is 12.0. The molecule has 1 aromatic heterocycles. The smallest absolute Gasteiger partial charge is 0.250 e. The number of hydrogen-bond acceptors (Lipinski definition) is 4. The van der Waals surface area contributed by atoms with Gasteiger partial charge >= 0.3 is 0 Å². The van der Waals surface area contributed by atoms with Crippen LogP contribution in [0.4, 0.5) is 0 Å². The molecule has 0 aliphatic carbocycles. The zero-order chi connectivity index (χ0) is 14.6. The number of rotatable bonds is 7. The predicted molar refractivity (Wildman–Crippen MR) is 79.3 cm³/mol. The van der Waals surface area contributed by atoms with Crippen LogP contribution in [0.15, 0.2) is 16.3 Å². The van der Waals surface area contributed by atoms with Crippen molar-refractivity contribution >= 4 is 27.3 Å². The summed E-state index contributed by atoms with van der Waals surface area (Å²) in [5.74, 6) is 0.179. The highest BCUT2D eigenvalue weighted by atomic mass is 32.2. The van der Waals surface area contributed by atoms with E-state index >= 15 is 0 Å². The number of nitrogens with zero attached hydrogens (tertiary/aromatic N) is 1. The second kappa shape index (κ2) is 6.69. The average Bonchev–Trinajstić information content (AvgIpc) is 3.04. The molecule has 112 valence electrons. The molecule has 1 fully saturated rings. The van der Waals surface area contributed by atoms with Crippen LogP contribution in [0.25, 0.3) is 0 Å². The van der Waals surface area contributed by atoms with E-state index in [9.17, 15) is 13.2 Å². The first-order chi connectivity index (χ1) is 9.53. The quantitative estimate of drug-likeness (QED) is 0.777. The van der Waals surface area contributed by atoms with Crippen molar-refractivity contribution in [2.24, 2.45) is 0 Å². The van der Waals surface area contributed by atoms with Crippen molar-refractivity contribution < 1.29 is 13.2 Å². The maximum atomic E-state index is 12.0. The lowest BCUT2D eigenvalue weighted by Gasteiger charge is -2.15. The second-order valence-electron chi connectivity index (χ2n) is 4.81. The van der Waals surface area contributed by atoms with Gasteiger partial charge in [0.1, 0.15) is 4.21 Å². The number of carbonyl (C=O) groups is 1. The molecule has 0 atom stereocenters. The minimum Gasteiger partial charge on any atom is -0.343 e. The third kappa shape index (κ3) is 3.80. The number of nitrogens with one attached hydrogen (secondary N) is 1. The molecule has 7 heteroatoms. The van der Waals surface area contributed by atoms with E-state index < -0.39 is 10.0 Å². The van der Waals surface area contributed by atoms with Crippen molar-refractivity contribution in [3.8, 4) is 0 Å². The molecular formula is C13H20N2O3S2. The lowest BCUT2D eigenvalue weighted by atomic mass is 10.4. The molecule has 0 bridgehead atoms. The topological polar surface area (TPSA) is 66.5 Å². The van der Waals surface area contributed by atoms with Crippen LogP contribution in [-0.4, -0.2) is 38.9 Å². The summed E-state index contributed by atoms with van der Waals surface area (Å²) in [6.45, 7) is 3.80. The third-order valence-electron chi connectivity index (χ3n) is 3.32. The molecule has 0 unspecified atom stereocenters. The van der Waals surface area contributed by atoms with Gasteiger partial charge in [-0.15, -0.1) is 11.3 Å². The predicted octanol–water partition coefficient (Wildman–Crippen LogP) is 1.60. The lowest BCUT2D eigenvalue weighted by Crippen LogP contribution is -2.30. The molecule has 0 saturated carbocycles. The van der Waals surface area contributed by atoms with Crippen LogP contribution in [0, 0.1) is 0 Å². The Balaban J connectivity index is 1.79. The zero-order valence-electron chi connectivity index (χ0n) is 11.6. The summed E-state index contributed by atoms with van der Waals surface area (Å²) in [6.07, 6.45) is 3.04. The summed E-state index contributed by atoms with van der Waals surface area (Å²) in [5, 5.41) is 0. The molecular weight excluding hydrogens is 296 g/mol. The summed E-state index contributed by atoms with van der Waals surface area (Å²) in [7, 11) is -3.39. The fourth-order valence-corrected chi connectivity index (χ4v) is 4.59. The Labute approximate surface area is 124 Å². The maximum Gasteiger partial charge on any atom is 0.250 e. The van der Waals surface area contributed by atoms with Gasteiger partial charge in [-0.1, -0.05) is 6.92 Å². The Morgan fingerprint density at radius 2 is 2.20 bits per heavy atom. The van der Waals surface area contributed by atoms with Crippen molar-refractivity contribution in [3.05, 3.63) is 17.0 Å². The van der Waals surface area contributed by atoms with Crippen molar-refractivity contribution in [1.29, 1.82) is 0 Å². The monoisotopic (exact) mass is 316 g/mol. The van der Waals surface area contributed by atoms with Crippen LogP contribution in [0.1, 0.15) is 31.1 Å². The standard InChI is InChI=1S/C13H20N2O3S2/c1-2-11-6-7-13(19-11)20(17,18)14-8-4-10-15-9-3-5-12(15)16/h6-7,14H,2-5,8-10H2,1H3.